The van der Waals surface area contributed by atoms with Crippen LogP contribution in [0, 0.1) is 12.7 Å². The molecule has 4 nitrogen and oxygen atoms in total. The van der Waals surface area contributed by atoms with Crippen LogP contribution < -0.4 is 5.32 Å². The minimum absolute atomic E-state index is 0.216. The molecule has 0 saturated heterocycles. The van der Waals surface area contributed by atoms with Crippen molar-refractivity contribution in [3.63, 3.8) is 0 Å². The molecule has 0 spiro atoms. The fraction of sp³-hybridized carbons (Fsp3) is 0.333. The van der Waals surface area contributed by atoms with E-state index in [2.05, 4.69) is 26.8 Å². The van der Waals surface area contributed by atoms with Gasteiger partial charge in [-0.15, -0.1) is 0 Å². The lowest BCUT2D eigenvalue weighted by molar-refractivity contribution is 0.626. The summed E-state index contributed by atoms with van der Waals surface area (Å²) in [6.45, 7) is 5.63. The molecule has 0 amide bonds. The molecule has 0 radical (unpaired) electrons. The number of hydrogen-bond acceptors (Lipinski definition) is 3. The molecular weight excluding hydrogens is 291 g/mol. The molecule has 2 heterocycles. The molecule has 0 aliphatic heterocycles. The van der Waals surface area contributed by atoms with Gasteiger partial charge in [0.25, 0.3) is 0 Å². The monoisotopic (exact) mass is 312 g/mol. The number of fused-ring (bicyclic) bond motifs is 1. The van der Waals surface area contributed by atoms with Gasteiger partial charge in [-0.25, -0.2) is 14.4 Å². The van der Waals surface area contributed by atoms with Gasteiger partial charge in [0.2, 0.25) is 0 Å². The van der Waals surface area contributed by atoms with E-state index in [1.165, 1.54) is 12.1 Å². The Bertz CT molecular complexity index is 793. The molecule has 0 fully saturated rings. The van der Waals surface area contributed by atoms with Crippen molar-refractivity contribution < 1.29 is 4.39 Å². The van der Waals surface area contributed by atoms with Gasteiger partial charge in [-0.1, -0.05) is 25.5 Å². The molecule has 0 unspecified atom stereocenters. The Balaban J connectivity index is 1.95. The van der Waals surface area contributed by atoms with Crippen molar-refractivity contribution in [3.8, 4) is 0 Å². The zero-order valence-electron chi connectivity index (χ0n) is 13.5. The van der Waals surface area contributed by atoms with Crippen molar-refractivity contribution in [2.24, 2.45) is 0 Å². The van der Waals surface area contributed by atoms with E-state index in [4.69, 9.17) is 0 Å². The number of benzene rings is 1. The summed E-state index contributed by atoms with van der Waals surface area (Å²) < 4.78 is 15.2. The molecule has 1 aromatic carbocycles. The smallest absolute Gasteiger partial charge is 0.154 e. The first kappa shape index (κ1) is 15.5. The first-order chi connectivity index (χ1) is 11.2. The van der Waals surface area contributed by atoms with Gasteiger partial charge in [-0.05, 0) is 37.1 Å². The van der Waals surface area contributed by atoms with E-state index in [0.717, 1.165) is 47.6 Å². The minimum atomic E-state index is -0.216. The second-order valence-corrected chi connectivity index (χ2v) is 5.70. The standard InChI is InChI=1S/C18H21FN4/c1-3-4-10-20-18-17-16(21-13(2)22-18)9-11-23(17)12-14-5-7-15(19)8-6-14/h5-9,11H,3-4,10,12H2,1-2H3,(H,20,21,22). The van der Waals surface area contributed by atoms with Crippen LogP contribution in [0.2, 0.25) is 0 Å². The number of anilines is 1. The number of aryl methyl sites for hydroxylation is 1. The SMILES string of the molecule is CCCCNc1nc(C)nc2ccn(Cc3ccc(F)cc3)c12. The van der Waals surface area contributed by atoms with E-state index in [0.29, 0.717) is 6.54 Å². The number of nitrogens with one attached hydrogen (secondary N) is 1. The third-order valence-corrected chi connectivity index (χ3v) is 3.81. The van der Waals surface area contributed by atoms with Crippen LogP contribution in [0.15, 0.2) is 36.5 Å². The number of hydrogen-bond donors (Lipinski definition) is 1. The molecule has 23 heavy (non-hydrogen) atoms. The third-order valence-electron chi connectivity index (χ3n) is 3.81. The first-order valence-corrected chi connectivity index (χ1v) is 7.99. The van der Waals surface area contributed by atoms with Crippen molar-refractivity contribution in [1.29, 1.82) is 0 Å². The summed E-state index contributed by atoms with van der Waals surface area (Å²) in [7, 11) is 0. The molecule has 0 aliphatic rings. The van der Waals surface area contributed by atoms with E-state index in [1.54, 1.807) is 12.1 Å². The zero-order valence-corrected chi connectivity index (χ0v) is 13.5. The number of halogens is 1. The van der Waals surface area contributed by atoms with E-state index < -0.39 is 0 Å². The van der Waals surface area contributed by atoms with Gasteiger partial charge in [-0.3, -0.25) is 0 Å². The second kappa shape index (κ2) is 6.77. The van der Waals surface area contributed by atoms with E-state index >= 15 is 0 Å². The first-order valence-electron chi connectivity index (χ1n) is 7.99. The summed E-state index contributed by atoms with van der Waals surface area (Å²) >= 11 is 0. The largest absolute Gasteiger partial charge is 0.368 e. The van der Waals surface area contributed by atoms with Crippen molar-refractivity contribution in [2.75, 3.05) is 11.9 Å². The minimum Gasteiger partial charge on any atom is -0.368 e. The van der Waals surface area contributed by atoms with Gasteiger partial charge in [0.05, 0.1) is 5.52 Å². The average molecular weight is 312 g/mol. The van der Waals surface area contributed by atoms with E-state index in [9.17, 15) is 4.39 Å². The van der Waals surface area contributed by atoms with Crippen LogP contribution in [0.5, 0.6) is 0 Å². The molecule has 1 N–H and O–H groups in total. The summed E-state index contributed by atoms with van der Waals surface area (Å²) in [5.41, 5.74) is 2.97. The second-order valence-electron chi connectivity index (χ2n) is 5.70. The summed E-state index contributed by atoms with van der Waals surface area (Å²) in [5.74, 6) is 1.41. The lowest BCUT2D eigenvalue weighted by Gasteiger charge is -2.11. The highest BCUT2D eigenvalue weighted by Crippen LogP contribution is 2.23. The Labute approximate surface area is 135 Å². The van der Waals surface area contributed by atoms with Gasteiger partial charge in [0.15, 0.2) is 5.82 Å². The molecule has 120 valence electrons. The van der Waals surface area contributed by atoms with Gasteiger partial charge >= 0.3 is 0 Å². The molecular formula is C18H21FN4. The molecule has 0 atom stereocenters. The summed E-state index contributed by atoms with van der Waals surface area (Å²) in [6.07, 6.45) is 4.24. The molecule has 3 aromatic rings. The van der Waals surface area contributed by atoms with Crippen LogP contribution in [0.1, 0.15) is 31.2 Å². The van der Waals surface area contributed by atoms with Crippen LogP contribution in [-0.4, -0.2) is 21.1 Å². The quantitative estimate of drug-likeness (QED) is 0.696. The predicted molar refractivity (Wildman–Crippen MR) is 91.2 cm³/mol. The van der Waals surface area contributed by atoms with Gasteiger partial charge in [0.1, 0.15) is 17.2 Å². The number of rotatable bonds is 6. The number of nitrogens with zero attached hydrogens (tertiary/aromatic N) is 3. The number of aromatic nitrogens is 3. The number of unbranched alkanes of at least 4 members (excludes halogenated alkanes) is 1. The molecule has 2 aromatic heterocycles. The van der Waals surface area contributed by atoms with Crippen molar-refractivity contribution in [1.82, 2.24) is 14.5 Å². The predicted octanol–water partition coefficient (Wildman–Crippen LogP) is 4.14. The maximum atomic E-state index is 13.1. The Morgan fingerprint density at radius 1 is 1.13 bits per heavy atom. The van der Waals surface area contributed by atoms with E-state index in [-0.39, 0.29) is 5.82 Å². The van der Waals surface area contributed by atoms with Crippen molar-refractivity contribution in [2.45, 2.75) is 33.2 Å². The van der Waals surface area contributed by atoms with Crippen LogP contribution in [0.25, 0.3) is 11.0 Å². The van der Waals surface area contributed by atoms with Crippen molar-refractivity contribution in [3.05, 3.63) is 53.7 Å². The maximum absolute atomic E-state index is 13.1. The third kappa shape index (κ3) is 3.50. The zero-order chi connectivity index (χ0) is 16.2. The highest BCUT2D eigenvalue weighted by molar-refractivity contribution is 5.86. The van der Waals surface area contributed by atoms with Gasteiger partial charge in [-0.2, -0.15) is 0 Å². The Morgan fingerprint density at radius 3 is 2.65 bits per heavy atom. The topological polar surface area (TPSA) is 42.7 Å². The fourth-order valence-corrected chi connectivity index (χ4v) is 2.65. The molecule has 0 saturated carbocycles. The highest BCUT2D eigenvalue weighted by Gasteiger charge is 2.11. The summed E-state index contributed by atoms with van der Waals surface area (Å²) in [4.78, 5) is 9.07. The van der Waals surface area contributed by atoms with Crippen LogP contribution in [-0.2, 0) is 6.54 Å². The lowest BCUT2D eigenvalue weighted by atomic mass is 10.2. The van der Waals surface area contributed by atoms with Gasteiger partial charge in [0, 0.05) is 19.3 Å². The Kier molecular flexibility index (Phi) is 4.55. The maximum Gasteiger partial charge on any atom is 0.154 e. The lowest BCUT2D eigenvalue weighted by Crippen LogP contribution is -2.08. The normalized spacial score (nSPS) is 11.1. The van der Waals surface area contributed by atoms with Crippen LogP contribution >= 0.6 is 0 Å². The Morgan fingerprint density at radius 2 is 1.91 bits per heavy atom. The average Bonchev–Trinajstić information content (AvgIpc) is 2.92. The van der Waals surface area contributed by atoms with E-state index in [1.807, 2.05) is 19.2 Å². The Hall–Kier alpha value is -2.43. The molecule has 0 bridgehead atoms. The van der Waals surface area contributed by atoms with Gasteiger partial charge < -0.3 is 9.88 Å². The van der Waals surface area contributed by atoms with Crippen LogP contribution in [0.4, 0.5) is 10.2 Å². The molecule has 0 aliphatic carbocycles. The molecule has 5 heteroatoms. The fourth-order valence-electron chi connectivity index (χ4n) is 2.65. The van der Waals surface area contributed by atoms with Crippen LogP contribution in [0.3, 0.4) is 0 Å². The highest BCUT2D eigenvalue weighted by atomic mass is 19.1. The summed E-state index contributed by atoms with van der Waals surface area (Å²) in [6, 6.07) is 8.59. The summed E-state index contributed by atoms with van der Waals surface area (Å²) in [5, 5.41) is 3.42. The van der Waals surface area contributed by atoms with Crippen molar-refractivity contribution >= 4 is 16.9 Å². The molecule has 3 rings (SSSR count).